The van der Waals surface area contributed by atoms with Crippen LogP contribution in [-0.2, 0) is 4.79 Å². The third kappa shape index (κ3) is 51.6. The van der Waals surface area contributed by atoms with Gasteiger partial charge in [0.1, 0.15) is 0 Å². The van der Waals surface area contributed by atoms with Gasteiger partial charge in [-0.1, -0.05) is 19.4 Å². The average molecular weight is 252 g/mol. The third-order valence-electron chi connectivity index (χ3n) is 1.34. The number of rotatable bonds is 7. The van der Waals surface area contributed by atoms with Crippen LogP contribution in [0.25, 0.3) is 0 Å². The summed E-state index contributed by atoms with van der Waals surface area (Å²) >= 11 is 0. The highest BCUT2D eigenvalue weighted by molar-refractivity contribution is 5.78. The maximum absolute atomic E-state index is 9.25. The topological polar surface area (TPSA) is 118 Å². The smallest absolute Gasteiger partial charge is 0.327 e. The molecule has 0 radical (unpaired) electrons. The molecule has 0 unspecified atom stereocenters. The average Bonchev–Trinajstić information content (AvgIpc) is 2.35. The fraction of sp³-hybridized carbons (Fsp3) is 0.727. The summed E-state index contributed by atoms with van der Waals surface area (Å²) in [5.74, 6) is -0.981. The fourth-order valence-corrected chi connectivity index (χ4v) is 0.577. The van der Waals surface area contributed by atoms with Gasteiger partial charge in [0.2, 0.25) is 0 Å². The highest BCUT2D eigenvalue weighted by atomic mass is 16.4. The van der Waals surface area contributed by atoms with Crippen LogP contribution in [0.1, 0.15) is 25.7 Å². The molecule has 0 rings (SSSR count). The Kier molecular flexibility index (Phi) is 30.6. The molecule has 5 N–H and O–H groups in total. The Balaban J connectivity index is -0.000000188. The van der Waals surface area contributed by atoms with Gasteiger partial charge in [0, 0.05) is 19.3 Å². The summed E-state index contributed by atoms with van der Waals surface area (Å²) < 4.78 is 0. The van der Waals surface area contributed by atoms with Gasteiger partial charge in [-0.25, -0.2) is 4.79 Å². The van der Waals surface area contributed by atoms with Crippen molar-refractivity contribution in [1.82, 2.24) is 0 Å². The number of hydrogen-bond acceptors (Lipinski definition) is 5. The summed E-state index contributed by atoms with van der Waals surface area (Å²) in [4.78, 5) is 9.25. The molecule has 6 nitrogen and oxygen atoms in total. The van der Waals surface area contributed by atoms with E-state index in [1.165, 1.54) is 0 Å². The van der Waals surface area contributed by atoms with Crippen molar-refractivity contribution in [3.05, 3.63) is 12.7 Å². The van der Waals surface area contributed by atoms with Crippen molar-refractivity contribution >= 4 is 5.97 Å². The van der Waals surface area contributed by atoms with Crippen molar-refractivity contribution in [2.24, 2.45) is 0 Å². The molecular weight excluding hydrogens is 228 g/mol. The lowest BCUT2D eigenvalue weighted by molar-refractivity contribution is -0.131. The van der Waals surface area contributed by atoms with E-state index in [4.69, 9.17) is 25.5 Å². The van der Waals surface area contributed by atoms with Crippen molar-refractivity contribution < 1.29 is 30.3 Å². The van der Waals surface area contributed by atoms with E-state index < -0.39 is 5.97 Å². The zero-order valence-corrected chi connectivity index (χ0v) is 10.1. The van der Waals surface area contributed by atoms with Gasteiger partial charge in [-0.2, -0.15) is 0 Å². The lowest BCUT2D eigenvalue weighted by atomic mass is 10.2. The van der Waals surface area contributed by atoms with E-state index in [-0.39, 0.29) is 26.4 Å². The second kappa shape index (κ2) is 24.3. The second-order valence-corrected chi connectivity index (χ2v) is 2.85. The molecular formula is C11H24O6. The molecule has 0 amide bonds. The molecule has 0 saturated carbocycles. The number of aliphatic hydroxyl groups is 4. The van der Waals surface area contributed by atoms with Crippen LogP contribution in [0.2, 0.25) is 0 Å². The van der Waals surface area contributed by atoms with Gasteiger partial charge in [-0.3, -0.25) is 0 Å². The number of aliphatic hydroxyl groups excluding tert-OH is 4. The highest BCUT2D eigenvalue weighted by Gasteiger charge is 1.84. The third-order valence-corrected chi connectivity index (χ3v) is 1.34. The molecule has 0 heterocycles. The molecule has 0 aromatic carbocycles. The molecule has 0 saturated heterocycles. The van der Waals surface area contributed by atoms with Gasteiger partial charge in [0.15, 0.2) is 0 Å². The van der Waals surface area contributed by atoms with Gasteiger partial charge >= 0.3 is 5.97 Å². The van der Waals surface area contributed by atoms with Crippen LogP contribution in [0.3, 0.4) is 0 Å². The Morgan fingerprint density at radius 3 is 1.24 bits per heavy atom. The second-order valence-electron chi connectivity index (χ2n) is 2.85. The largest absolute Gasteiger partial charge is 0.478 e. The van der Waals surface area contributed by atoms with E-state index in [9.17, 15) is 4.79 Å². The Morgan fingerprint density at radius 2 is 1.12 bits per heavy atom. The van der Waals surface area contributed by atoms with Crippen LogP contribution in [0, 0.1) is 0 Å². The molecule has 0 bridgehead atoms. The van der Waals surface area contributed by atoms with E-state index in [0.717, 1.165) is 31.8 Å². The highest BCUT2D eigenvalue weighted by Crippen LogP contribution is 1.96. The number of hydrogen-bond donors (Lipinski definition) is 5. The molecule has 0 aromatic rings. The van der Waals surface area contributed by atoms with Crippen molar-refractivity contribution in [2.75, 3.05) is 26.4 Å². The summed E-state index contributed by atoms with van der Waals surface area (Å²) in [6, 6.07) is 0. The number of aliphatic carboxylic acids is 1. The number of carboxylic acids is 1. The molecule has 0 fully saturated rings. The Labute approximate surface area is 102 Å². The maximum Gasteiger partial charge on any atom is 0.327 e. The van der Waals surface area contributed by atoms with Gasteiger partial charge < -0.3 is 25.5 Å². The lowest BCUT2D eigenvalue weighted by Crippen LogP contribution is -1.85. The first-order valence-corrected chi connectivity index (χ1v) is 5.39. The number of unbranched alkanes of at least 4 members (excludes halogenated alkanes) is 3. The SMILES string of the molecule is C=CC(=O)O.OCCCCCCO.OCCO. The summed E-state index contributed by atoms with van der Waals surface area (Å²) in [6.07, 6.45) is 4.66. The minimum atomic E-state index is -0.981. The summed E-state index contributed by atoms with van der Waals surface area (Å²) in [5, 5.41) is 39.5. The molecule has 0 aliphatic heterocycles. The molecule has 0 aliphatic rings. The Hall–Kier alpha value is -0.950. The van der Waals surface area contributed by atoms with Gasteiger partial charge in [-0.05, 0) is 12.8 Å². The molecule has 6 heteroatoms. The molecule has 0 atom stereocenters. The Morgan fingerprint density at radius 1 is 0.824 bits per heavy atom. The van der Waals surface area contributed by atoms with Crippen LogP contribution in [0.4, 0.5) is 0 Å². The van der Waals surface area contributed by atoms with E-state index >= 15 is 0 Å². The first-order valence-electron chi connectivity index (χ1n) is 5.39. The van der Waals surface area contributed by atoms with Gasteiger partial charge in [0.25, 0.3) is 0 Å². The van der Waals surface area contributed by atoms with E-state index in [0.29, 0.717) is 0 Å². The van der Waals surface area contributed by atoms with Crippen LogP contribution in [0.5, 0.6) is 0 Å². The van der Waals surface area contributed by atoms with E-state index in [1.807, 2.05) is 0 Å². The molecule has 0 aromatic heterocycles. The van der Waals surface area contributed by atoms with E-state index in [1.54, 1.807) is 0 Å². The van der Waals surface area contributed by atoms with Crippen molar-refractivity contribution in [3.8, 4) is 0 Å². The van der Waals surface area contributed by atoms with Crippen LogP contribution >= 0.6 is 0 Å². The molecule has 104 valence electrons. The maximum atomic E-state index is 9.25. The van der Waals surface area contributed by atoms with Gasteiger partial charge in [-0.15, -0.1) is 0 Å². The van der Waals surface area contributed by atoms with Crippen LogP contribution < -0.4 is 0 Å². The Bertz CT molecular complexity index is 141. The van der Waals surface area contributed by atoms with Crippen molar-refractivity contribution in [1.29, 1.82) is 0 Å². The van der Waals surface area contributed by atoms with Crippen LogP contribution in [-0.4, -0.2) is 57.9 Å². The zero-order chi connectivity index (χ0) is 13.9. The predicted molar refractivity (Wildman–Crippen MR) is 64.6 cm³/mol. The molecule has 0 spiro atoms. The number of carboxylic acid groups (broad SMARTS) is 1. The van der Waals surface area contributed by atoms with Gasteiger partial charge in [0.05, 0.1) is 13.2 Å². The predicted octanol–water partition coefficient (Wildman–Crippen LogP) is -0.241. The first-order chi connectivity index (χ1) is 8.10. The summed E-state index contributed by atoms with van der Waals surface area (Å²) in [6.45, 7) is 3.28. The van der Waals surface area contributed by atoms with Crippen molar-refractivity contribution in [3.63, 3.8) is 0 Å². The lowest BCUT2D eigenvalue weighted by Gasteiger charge is -1.93. The number of carbonyl (C=O) groups is 1. The van der Waals surface area contributed by atoms with Crippen LogP contribution in [0.15, 0.2) is 12.7 Å². The molecule has 0 aliphatic carbocycles. The van der Waals surface area contributed by atoms with E-state index in [2.05, 4.69) is 6.58 Å². The quantitative estimate of drug-likeness (QED) is 0.315. The van der Waals surface area contributed by atoms with Crippen molar-refractivity contribution in [2.45, 2.75) is 25.7 Å². The standard InChI is InChI=1S/C6H14O2.C3H4O2.C2H6O2/c7-5-3-1-2-4-6-8;1-2-3(4)5;3-1-2-4/h7-8H,1-6H2;2H,1H2,(H,4,5);3-4H,1-2H2. The minimum Gasteiger partial charge on any atom is -0.478 e. The minimum absolute atomic E-state index is 0.125. The molecule has 17 heavy (non-hydrogen) atoms. The monoisotopic (exact) mass is 252 g/mol. The summed E-state index contributed by atoms with van der Waals surface area (Å²) in [7, 11) is 0. The summed E-state index contributed by atoms with van der Waals surface area (Å²) in [5.41, 5.74) is 0. The first kappa shape index (κ1) is 21.3. The fourth-order valence-electron chi connectivity index (χ4n) is 0.577. The zero-order valence-electron chi connectivity index (χ0n) is 10.1. The normalized spacial score (nSPS) is 8.24.